The van der Waals surface area contributed by atoms with Gasteiger partial charge in [-0.25, -0.2) is 0 Å². The van der Waals surface area contributed by atoms with E-state index in [1.165, 1.54) is 0 Å². The second-order valence-electron chi connectivity index (χ2n) is 3.67. The molecule has 0 aliphatic heterocycles. The summed E-state index contributed by atoms with van der Waals surface area (Å²) in [5.41, 5.74) is 7.42. The summed E-state index contributed by atoms with van der Waals surface area (Å²) in [6.45, 7) is 0.332. The van der Waals surface area contributed by atoms with E-state index in [1.54, 1.807) is 36.5 Å². The lowest BCUT2D eigenvalue weighted by atomic mass is 10.2. The number of nitrogens with two attached hydrogens (primary N) is 1. The van der Waals surface area contributed by atoms with E-state index >= 15 is 0 Å². The third kappa shape index (κ3) is 3.27. The third-order valence-electron chi connectivity index (χ3n) is 2.24. The largest absolute Gasteiger partial charge is 0.399 e. The molecule has 6 heteroatoms. The van der Waals surface area contributed by atoms with E-state index in [4.69, 9.17) is 5.73 Å². The van der Waals surface area contributed by atoms with E-state index in [9.17, 15) is 4.79 Å². The van der Waals surface area contributed by atoms with Crippen molar-refractivity contribution in [3.8, 4) is 0 Å². The predicted molar refractivity (Wildman–Crippen MR) is 71.8 cm³/mol. The van der Waals surface area contributed by atoms with Crippen LogP contribution in [0, 0.1) is 0 Å². The van der Waals surface area contributed by atoms with Crippen LogP contribution in [0.5, 0.6) is 0 Å². The van der Waals surface area contributed by atoms with Gasteiger partial charge in [0.1, 0.15) is 0 Å². The molecule has 1 aromatic carbocycles. The molecule has 1 aromatic heterocycles. The minimum Gasteiger partial charge on any atom is -0.399 e. The summed E-state index contributed by atoms with van der Waals surface area (Å²) in [4.78, 5) is 11.9. The van der Waals surface area contributed by atoms with Crippen molar-refractivity contribution >= 4 is 27.5 Å². The number of hydrogen-bond acceptors (Lipinski definition) is 4. The molecule has 18 heavy (non-hydrogen) atoms. The summed E-state index contributed by atoms with van der Waals surface area (Å²) in [5, 5.41) is 10.4. The van der Waals surface area contributed by atoms with Gasteiger partial charge >= 0.3 is 0 Å². The van der Waals surface area contributed by atoms with Gasteiger partial charge in [-0.3, -0.25) is 4.79 Å². The van der Waals surface area contributed by atoms with Crippen LogP contribution in [0.1, 0.15) is 16.1 Å². The minimum absolute atomic E-state index is 0.200. The number of hydrogen-bond donors (Lipinski definition) is 2. The minimum atomic E-state index is -0.200. The Morgan fingerprint density at radius 2 is 2.22 bits per heavy atom. The van der Waals surface area contributed by atoms with Gasteiger partial charge in [-0.1, -0.05) is 15.9 Å². The topological polar surface area (TPSA) is 80.9 Å². The second kappa shape index (κ2) is 5.59. The second-order valence-corrected chi connectivity index (χ2v) is 4.59. The van der Waals surface area contributed by atoms with E-state index in [0.29, 0.717) is 23.5 Å². The van der Waals surface area contributed by atoms with Crippen LogP contribution in [0.2, 0.25) is 0 Å². The van der Waals surface area contributed by atoms with Crippen LogP contribution in [-0.4, -0.2) is 16.1 Å². The maximum Gasteiger partial charge on any atom is 0.251 e. The van der Waals surface area contributed by atoms with Gasteiger partial charge in [-0.15, -0.1) is 0 Å². The highest BCUT2D eigenvalue weighted by molar-refractivity contribution is 9.10. The number of rotatable bonds is 3. The van der Waals surface area contributed by atoms with Crippen LogP contribution in [0.3, 0.4) is 0 Å². The molecule has 2 rings (SSSR count). The Labute approximate surface area is 113 Å². The molecule has 0 aliphatic rings. The highest BCUT2D eigenvalue weighted by Crippen LogP contribution is 2.17. The first-order chi connectivity index (χ1) is 8.65. The molecular weight excluding hydrogens is 296 g/mol. The number of halogens is 1. The smallest absolute Gasteiger partial charge is 0.251 e. The molecule has 3 N–H and O–H groups in total. The number of nitrogen functional groups attached to an aromatic ring is 1. The summed E-state index contributed by atoms with van der Waals surface area (Å²) in [6, 6.07) is 8.63. The highest BCUT2D eigenvalue weighted by Gasteiger charge is 2.07. The first kappa shape index (κ1) is 12.5. The number of anilines is 1. The summed E-state index contributed by atoms with van der Waals surface area (Å²) in [6.07, 6.45) is 1.58. The lowest BCUT2D eigenvalue weighted by molar-refractivity contribution is 0.0950. The van der Waals surface area contributed by atoms with E-state index in [0.717, 1.165) is 4.47 Å². The number of carbonyl (C=O) groups is 1. The number of nitrogens with zero attached hydrogens (tertiary/aromatic N) is 2. The third-order valence-corrected chi connectivity index (χ3v) is 2.70. The predicted octanol–water partition coefficient (Wildman–Crippen LogP) is 1.75. The Kier molecular flexibility index (Phi) is 3.88. The molecule has 0 atom stereocenters. The fourth-order valence-electron chi connectivity index (χ4n) is 1.44. The van der Waals surface area contributed by atoms with Gasteiger partial charge in [0.05, 0.1) is 12.2 Å². The summed E-state index contributed by atoms with van der Waals surface area (Å²) in [7, 11) is 0. The van der Waals surface area contributed by atoms with E-state index in [-0.39, 0.29) is 5.91 Å². The van der Waals surface area contributed by atoms with Crippen molar-refractivity contribution in [2.45, 2.75) is 6.54 Å². The van der Waals surface area contributed by atoms with Crippen LogP contribution >= 0.6 is 15.9 Å². The zero-order valence-corrected chi connectivity index (χ0v) is 11.0. The molecule has 0 bridgehead atoms. The molecule has 0 unspecified atom stereocenters. The fraction of sp³-hybridized carbons (Fsp3) is 0.0833. The van der Waals surface area contributed by atoms with Crippen molar-refractivity contribution in [3.05, 3.63) is 52.3 Å². The van der Waals surface area contributed by atoms with Crippen LogP contribution in [0.25, 0.3) is 0 Å². The van der Waals surface area contributed by atoms with Gasteiger partial charge in [0.15, 0.2) is 0 Å². The number of amides is 1. The van der Waals surface area contributed by atoms with E-state index in [1.807, 2.05) is 0 Å². The monoisotopic (exact) mass is 306 g/mol. The molecule has 2 aromatic rings. The molecule has 0 saturated heterocycles. The molecule has 0 aliphatic carbocycles. The molecule has 0 spiro atoms. The van der Waals surface area contributed by atoms with Gasteiger partial charge in [-0.2, -0.15) is 10.2 Å². The number of nitrogens with one attached hydrogen (secondary N) is 1. The van der Waals surface area contributed by atoms with Gasteiger partial charge in [-0.05, 0) is 30.3 Å². The normalized spacial score (nSPS) is 10.1. The standard InChI is InChI=1S/C12H11BrN4O/c13-9-4-8(5-10(14)6-9)12(18)15-7-11-2-1-3-16-17-11/h1-6H,7,14H2,(H,15,18). The van der Waals surface area contributed by atoms with Crippen molar-refractivity contribution in [1.29, 1.82) is 0 Å². The van der Waals surface area contributed by atoms with Gasteiger partial charge in [0.25, 0.3) is 5.91 Å². The quantitative estimate of drug-likeness (QED) is 0.847. The van der Waals surface area contributed by atoms with Crippen molar-refractivity contribution in [2.75, 3.05) is 5.73 Å². The molecular formula is C12H11BrN4O. The average Bonchev–Trinajstić information content (AvgIpc) is 2.36. The maximum atomic E-state index is 11.9. The van der Waals surface area contributed by atoms with Gasteiger partial charge in [0.2, 0.25) is 0 Å². The number of carbonyl (C=O) groups excluding carboxylic acids is 1. The lowest BCUT2D eigenvalue weighted by Gasteiger charge is -2.05. The Balaban J connectivity index is 2.04. The average molecular weight is 307 g/mol. The highest BCUT2D eigenvalue weighted by atomic mass is 79.9. The summed E-state index contributed by atoms with van der Waals surface area (Å²) in [5.74, 6) is -0.200. The Hall–Kier alpha value is -1.95. The molecule has 0 fully saturated rings. The maximum absolute atomic E-state index is 11.9. The lowest BCUT2D eigenvalue weighted by Crippen LogP contribution is -2.23. The van der Waals surface area contributed by atoms with E-state index < -0.39 is 0 Å². The summed E-state index contributed by atoms with van der Waals surface area (Å²) < 4.78 is 0.771. The molecule has 1 amide bonds. The van der Waals surface area contributed by atoms with E-state index in [2.05, 4.69) is 31.4 Å². The molecule has 1 heterocycles. The van der Waals surface area contributed by atoms with Crippen LogP contribution in [0.15, 0.2) is 41.0 Å². The van der Waals surface area contributed by atoms with Crippen molar-refractivity contribution in [3.63, 3.8) is 0 Å². The van der Waals surface area contributed by atoms with Crippen molar-refractivity contribution < 1.29 is 4.79 Å². The number of aromatic nitrogens is 2. The van der Waals surface area contributed by atoms with Gasteiger partial charge < -0.3 is 11.1 Å². The van der Waals surface area contributed by atoms with Crippen LogP contribution in [0.4, 0.5) is 5.69 Å². The molecule has 5 nitrogen and oxygen atoms in total. The Morgan fingerprint density at radius 1 is 1.39 bits per heavy atom. The van der Waals surface area contributed by atoms with Crippen LogP contribution < -0.4 is 11.1 Å². The first-order valence-corrected chi connectivity index (χ1v) is 6.05. The fourth-order valence-corrected chi connectivity index (χ4v) is 1.95. The van der Waals surface area contributed by atoms with Gasteiger partial charge in [0, 0.05) is 21.9 Å². The molecule has 0 saturated carbocycles. The molecule has 92 valence electrons. The van der Waals surface area contributed by atoms with Crippen molar-refractivity contribution in [2.24, 2.45) is 0 Å². The summed E-state index contributed by atoms with van der Waals surface area (Å²) >= 11 is 3.29. The molecule has 0 radical (unpaired) electrons. The zero-order valence-electron chi connectivity index (χ0n) is 9.43. The van der Waals surface area contributed by atoms with Crippen LogP contribution in [-0.2, 0) is 6.54 Å². The number of benzene rings is 1. The Morgan fingerprint density at radius 3 is 2.89 bits per heavy atom. The SMILES string of the molecule is Nc1cc(Br)cc(C(=O)NCc2cccnn2)c1. The zero-order chi connectivity index (χ0) is 13.0. The van der Waals surface area contributed by atoms with Crippen molar-refractivity contribution in [1.82, 2.24) is 15.5 Å². The first-order valence-electron chi connectivity index (χ1n) is 5.26. The Bertz CT molecular complexity index is 539.